The maximum absolute atomic E-state index is 11.3. The Kier molecular flexibility index (Phi) is 10.0. The van der Waals surface area contributed by atoms with Gasteiger partial charge in [0, 0.05) is 12.3 Å². The van der Waals surface area contributed by atoms with Crippen molar-refractivity contribution in [2.24, 2.45) is 5.73 Å². The highest BCUT2D eigenvalue weighted by atomic mass is 35.5. The fourth-order valence-electron chi connectivity index (χ4n) is 1.62. The molecule has 0 radical (unpaired) electrons. The molecule has 3 N–H and O–H groups in total. The van der Waals surface area contributed by atoms with Crippen molar-refractivity contribution in [1.82, 2.24) is 0 Å². The number of benzene rings is 1. The summed E-state index contributed by atoms with van der Waals surface area (Å²) in [7, 11) is 0. The first-order valence-corrected chi connectivity index (χ1v) is 6.43. The number of halogens is 1. The zero-order valence-electron chi connectivity index (χ0n) is 12.0. The number of hydrogen-bond acceptors (Lipinski definition) is 4. The number of nitrogens with two attached hydrogens (primary N) is 1. The normalized spacial score (nSPS) is 9.95. The number of carbonyl (C=O) groups is 1. The number of ether oxygens (including phenoxy) is 2. The fraction of sp³-hybridized carbons (Fsp3) is 0.500. The molecular formula is C14H23ClN2O3. The number of anilines is 1. The molecule has 0 atom stereocenters. The van der Waals surface area contributed by atoms with Gasteiger partial charge in [0.15, 0.2) is 0 Å². The van der Waals surface area contributed by atoms with Crippen molar-refractivity contribution in [2.45, 2.75) is 20.5 Å². The summed E-state index contributed by atoms with van der Waals surface area (Å²) in [5.41, 5.74) is 8.11. The molecule has 20 heavy (non-hydrogen) atoms. The predicted molar refractivity (Wildman–Crippen MR) is 82.3 cm³/mol. The average Bonchev–Trinajstić information content (AvgIpc) is 2.42. The van der Waals surface area contributed by atoms with Gasteiger partial charge >= 0.3 is 0 Å². The molecule has 0 aliphatic carbocycles. The first kappa shape index (κ1) is 18.9. The van der Waals surface area contributed by atoms with E-state index in [9.17, 15) is 4.79 Å². The van der Waals surface area contributed by atoms with Crippen LogP contribution in [0.25, 0.3) is 0 Å². The molecule has 114 valence electrons. The Bertz CT molecular complexity index is 413. The van der Waals surface area contributed by atoms with Crippen molar-refractivity contribution < 1.29 is 14.3 Å². The lowest BCUT2D eigenvalue weighted by Crippen LogP contribution is -2.22. The van der Waals surface area contributed by atoms with Crippen molar-refractivity contribution in [3.63, 3.8) is 0 Å². The molecule has 0 saturated heterocycles. The first-order valence-electron chi connectivity index (χ1n) is 6.43. The Morgan fingerprint density at radius 3 is 2.65 bits per heavy atom. The van der Waals surface area contributed by atoms with Crippen LogP contribution in [0.2, 0.25) is 0 Å². The van der Waals surface area contributed by atoms with Crippen LogP contribution < -0.4 is 11.1 Å². The van der Waals surface area contributed by atoms with E-state index in [4.69, 9.17) is 15.2 Å². The van der Waals surface area contributed by atoms with Gasteiger partial charge in [-0.15, -0.1) is 12.4 Å². The number of hydrogen-bond donors (Lipinski definition) is 2. The molecular weight excluding hydrogens is 280 g/mol. The summed E-state index contributed by atoms with van der Waals surface area (Å²) in [6, 6.07) is 5.72. The highest BCUT2D eigenvalue weighted by Gasteiger charge is 2.06. The Morgan fingerprint density at radius 1 is 1.30 bits per heavy atom. The summed E-state index contributed by atoms with van der Waals surface area (Å²) in [5.74, 6) is -0.197. The van der Waals surface area contributed by atoms with E-state index in [1.165, 1.54) is 0 Å². The van der Waals surface area contributed by atoms with Crippen molar-refractivity contribution in [1.29, 1.82) is 0 Å². The quantitative estimate of drug-likeness (QED) is 0.719. The minimum atomic E-state index is -0.197. The zero-order valence-corrected chi connectivity index (χ0v) is 12.8. The molecule has 1 aromatic rings. The first-order chi connectivity index (χ1) is 9.19. The second kappa shape index (κ2) is 10.6. The van der Waals surface area contributed by atoms with Gasteiger partial charge < -0.3 is 20.5 Å². The topological polar surface area (TPSA) is 73.6 Å². The molecule has 0 heterocycles. The number of carbonyl (C=O) groups excluding carboxylic acids is 1. The highest BCUT2D eigenvalue weighted by molar-refractivity contribution is 5.92. The Morgan fingerprint density at radius 2 is 2.00 bits per heavy atom. The van der Waals surface area contributed by atoms with Crippen molar-refractivity contribution in [3.05, 3.63) is 29.3 Å². The van der Waals surface area contributed by atoms with Crippen LogP contribution in [0.15, 0.2) is 18.2 Å². The third-order valence-corrected chi connectivity index (χ3v) is 2.74. The smallest absolute Gasteiger partial charge is 0.238 e. The maximum Gasteiger partial charge on any atom is 0.238 e. The standard InChI is InChI=1S/C14H22N2O3.ClH/c1-3-18-7-8-19-10-12-5-4-6-13(11(12)2)16-14(17)9-15;/h4-6H,3,7-10,15H2,1-2H3,(H,16,17);1H. The van der Waals surface area contributed by atoms with Crippen LogP contribution >= 0.6 is 12.4 Å². The Labute approximate surface area is 126 Å². The van der Waals surface area contributed by atoms with Gasteiger partial charge in [-0.25, -0.2) is 0 Å². The minimum absolute atomic E-state index is 0. The predicted octanol–water partition coefficient (Wildman–Crippen LogP) is 1.87. The Balaban J connectivity index is 0.00000361. The molecule has 0 spiro atoms. The molecule has 1 aromatic carbocycles. The van der Waals surface area contributed by atoms with E-state index in [2.05, 4.69) is 5.32 Å². The van der Waals surface area contributed by atoms with Gasteiger partial charge in [0.1, 0.15) is 0 Å². The van der Waals surface area contributed by atoms with Crippen molar-refractivity contribution in [3.8, 4) is 0 Å². The summed E-state index contributed by atoms with van der Waals surface area (Å²) in [6.07, 6.45) is 0. The van der Waals surface area contributed by atoms with E-state index in [-0.39, 0.29) is 24.9 Å². The van der Waals surface area contributed by atoms with E-state index in [0.717, 1.165) is 16.8 Å². The SMILES string of the molecule is CCOCCOCc1cccc(NC(=O)CN)c1C.Cl. The fourth-order valence-corrected chi connectivity index (χ4v) is 1.62. The number of nitrogens with one attached hydrogen (secondary N) is 1. The van der Waals surface area contributed by atoms with E-state index < -0.39 is 0 Å². The summed E-state index contributed by atoms with van der Waals surface area (Å²) >= 11 is 0. The van der Waals surface area contributed by atoms with Gasteiger partial charge in [-0.2, -0.15) is 0 Å². The lowest BCUT2D eigenvalue weighted by Gasteiger charge is -2.12. The van der Waals surface area contributed by atoms with Crippen LogP contribution in [-0.4, -0.2) is 32.3 Å². The van der Waals surface area contributed by atoms with Crippen LogP contribution in [0, 0.1) is 6.92 Å². The van der Waals surface area contributed by atoms with Gasteiger partial charge in [-0.05, 0) is 31.0 Å². The maximum atomic E-state index is 11.3. The van der Waals surface area contributed by atoms with Gasteiger partial charge in [0.2, 0.25) is 5.91 Å². The number of amides is 1. The molecule has 0 aliphatic heterocycles. The lowest BCUT2D eigenvalue weighted by molar-refractivity contribution is -0.114. The van der Waals surface area contributed by atoms with Crippen molar-refractivity contribution >= 4 is 24.0 Å². The second-order valence-corrected chi connectivity index (χ2v) is 4.09. The molecule has 0 saturated carbocycles. The second-order valence-electron chi connectivity index (χ2n) is 4.09. The molecule has 0 aliphatic rings. The van der Waals surface area contributed by atoms with E-state index in [1.807, 2.05) is 32.0 Å². The van der Waals surface area contributed by atoms with Crippen LogP contribution in [0.4, 0.5) is 5.69 Å². The van der Waals surface area contributed by atoms with Crippen LogP contribution in [-0.2, 0) is 20.9 Å². The van der Waals surface area contributed by atoms with Gasteiger partial charge in [-0.1, -0.05) is 12.1 Å². The summed E-state index contributed by atoms with van der Waals surface area (Å²) in [6.45, 7) is 6.25. The monoisotopic (exact) mass is 302 g/mol. The largest absolute Gasteiger partial charge is 0.379 e. The van der Waals surface area contributed by atoms with E-state index in [0.29, 0.717) is 26.4 Å². The van der Waals surface area contributed by atoms with Crippen molar-refractivity contribution in [2.75, 3.05) is 31.7 Å². The van der Waals surface area contributed by atoms with E-state index in [1.54, 1.807) is 0 Å². The molecule has 1 rings (SSSR count). The van der Waals surface area contributed by atoms with E-state index >= 15 is 0 Å². The molecule has 0 unspecified atom stereocenters. The minimum Gasteiger partial charge on any atom is -0.379 e. The van der Waals surface area contributed by atoms with Crippen LogP contribution in [0.1, 0.15) is 18.1 Å². The third kappa shape index (κ3) is 6.34. The highest BCUT2D eigenvalue weighted by Crippen LogP contribution is 2.19. The van der Waals surface area contributed by atoms with Gasteiger partial charge in [-0.3, -0.25) is 4.79 Å². The zero-order chi connectivity index (χ0) is 14.1. The summed E-state index contributed by atoms with van der Waals surface area (Å²) < 4.78 is 10.7. The molecule has 1 amide bonds. The number of rotatable bonds is 8. The average molecular weight is 303 g/mol. The molecule has 6 heteroatoms. The molecule has 0 fully saturated rings. The summed E-state index contributed by atoms with van der Waals surface area (Å²) in [4.78, 5) is 11.3. The molecule has 0 aromatic heterocycles. The lowest BCUT2D eigenvalue weighted by atomic mass is 10.1. The molecule has 0 bridgehead atoms. The van der Waals surface area contributed by atoms with Crippen LogP contribution in [0.5, 0.6) is 0 Å². The van der Waals surface area contributed by atoms with Gasteiger partial charge in [0.25, 0.3) is 0 Å². The Hall–Kier alpha value is -1.14. The van der Waals surface area contributed by atoms with Gasteiger partial charge in [0.05, 0.1) is 26.4 Å². The van der Waals surface area contributed by atoms with Crippen LogP contribution in [0.3, 0.4) is 0 Å². The summed E-state index contributed by atoms with van der Waals surface area (Å²) in [5, 5.41) is 2.77. The third-order valence-electron chi connectivity index (χ3n) is 2.74. The molecule has 5 nitrogen and oxygen atoms in total.